The van der Waals surface area contributed by atoms with Gasteiger partial charge in [-0.15, -0.1) is 0 Å². The van der Waals surface area contributed by atoms with Crippen LogP contribution in [0.1, 0.15) is 10.4 Å². The lowest BCUT2D eigenvalue weighted by molar-refractivity contribution is 0.100. The summed E-state index contributed by atoms with van der Waals surface area (Å²) in [7, 11) is 0. The second-order valence-electron chi connectivity index (χ2n) is 3.41. The van der Waals surface area contributed by atoms with Crippen molar-refractivity contribution in [1.82, 2.24) is 4.98 Å². The summed E-state index contributed by atoms with van der Waals surface area (Å²) in [6, 6.07) is 3.26. The van der Waals surface area contributed by atoms with E-state index >= 15 is 0 Å². The SMILES string of the molecule is NC(=O)c1ccc([B-](F)(F)F)c2cc[nH]c12. The minimum Gasteiger partial charge on any atom is -0.445 e. The van der Waals surface area contributed by atoms with Crippen LogP contribution in [0.25, 0.3) is 10.9 Å². The highest BCUT2D eigenvalue weighted by Gasteiger charge is 2.28. The van der Waals surface area contributed by atoms with Crippen molar-refractivity contribution in [3.8, 4) is 0 Å². The Balaban J connectivity index is 2.79. The Morgan fingerprint density at radius 1 is 1.25 bits per heavy atom. The number of aromatic amines is 1. The number of aromatic nitrogens is 1. The molecule has 0 saturated carbocycles. The molecule has 1 aromatic carbocycles. The smallest absolute Gasteiger partial charge is 0.445 e. The van der Waals surface area contributed by atoms with Gasteiger partial charge in [0.15, 0.2) is 0 Å². The Morgan fingerprint density at radius 2 is 1.94 bits per heavy atom. The van der Waals surface area contributed by atoms with Crippen molar-refractivity contribution in [2.24, 2.45) is 5.73 Å². The molecule has 0 unspecified atom stereocenters. The third-order valence-electron chi connectivity index (χ3n) is 2.38. The number of benzene rings is 1. The largest absolute Gasteiger partial charge is 0.510 e. The van der Waals surface area contributed by atoms with Gasteiger partial charge in [-0.25, -0.2) is 0 Å². The summed E-state index contributed by atoms with van der Waals surface area (Å²) in [6.45, 7) is -5.10. The number of fused-ring (bicyclic) bond motifs is 1. The Morgan fingerprint density at radius 3 is 2.50 bits per heavy atom. The fourth-order valence-electron chi connectivity index (χ4n) is 1.67. The predicted octanol–water partition coefficient (Wildman–Crippen LogP) is 1.32. The van der Waals surface area contributed by atoms with E-state index in [4.69, 9.17) is 5.73 Å². The van der Waals surface area contributed by atoms with Crippen molar-refractivity contribution >= 4 is 29.3 Å². The first-order chi connectivity index (χ1) is 7.41. The lowest BCUT2D eigenvalue weighted by Crippen LogP contribution is -2.34. The van der Waals surface area contributed by atoms with E-state index in [2.05, 4.69) is 4.98 Å². The molecule has 0 aliphatic carbocycles. The van der Waals surface area contributed by atoms with E-state index in [-0.39, 0.29) is 16.5 Å². The molecule has 3 N–H and O–H groups in total. The topological polar surface area (TPSA) is 58.9 Å². The van der Waals surface area contributed by atoms with Gasteiger partial charge in [-0.3, -0.25) is 4.79 Å². The number of H-pyrrole nitrogens is 1. The van der Waals surface area contributed by atoms with Crippen LogP contribution >= 0.6 is 0 Å². The Labute approximate surface area is 88.5 Å². The summed E-state index contributed by atoms with van der Waals surface area (Å²) in [5.74, 6) is -0.756. The number of primary amides is 1. The van der Waals surface area contributed by atoms with Gasteiger partial charge >= 0.3 is 6.98 Å². The first-order valence-corrected chi connectivity index (χ1v) is 4.51. The van der Waals surface area contributed by atoms with Crippen LogP contribution in [0.15, 0.2) is 24.4 Å². The van der Waals surface area contributed by atoms with Gasteiger partial charge in [-0.2, -0.15) is 0 Å². The average Bonchev–Trinajstić information content (AvgIpc) is 2.61. The zero-order valence-electron chi connectivity index (χ0n) is 8.01. The third-order valence-corrected chi connectivity index (χ3v) is 2.38. The lowest BCUT2D eigenvalue weighted by Gasteiger charge is -2.16. The Kier molecular flexibility index (Phi) is 2.18. The number of carbonyl (C=O) groups excluding carboxylic acids is 1. The van der Waals surface area contributed by atoms with E-state index in [0.29, 0.717) is 0 Å². The molecule has 0 fully saturated rings. The average molecular weight is 227 g/mol. The monoisotopic (exact) mass is 227 g/mol. The van der Waals surface area contributed by atoms with Gasteiger partial charge in [0.25, 0.3) is 5.91 Å². The normalized spacial score (nSPS) is 11.9. The van der Waals surface area contributed by atoms with Crippen molar-refractivity contribution in [3.05, 3.63) is 30.0 Å². The van der Waals surface area contributed by atoms with Crippen molar-refractivity contribution < 1.29 is 17.7 Å². The molecule has 16 heavy (non-hydrogen) atoms. The first kappa shape index (κ1) is 10.6. The Bertz CT molecular complexity index is 561. The molecule has 0 spiro atoms. The standard InChI is InChI=1S/C9H7BF3N2O/c11-10(12,13)7-2-1-6(9(14)16)8-5(7)3-4-15-8/h1-4,15H,(H2,14,16)/q-1. The van der Waals surface area contributed by atoms with E-state index in [1.165, 1.54) is 12.3 Å². The highest BCUT2D eigenvalue weighted by molar-refractivity contribution is 6.76. The molecular weight excluding hydrogens is 220 g/mol. The second-order valence-corrected chi connectivity index (χ2v) is 3.41. The van der Waals surface area contributed by atoms with Gasteiger partial charge in [0.1, 0.15) is 0 Å². The zero-order valence-corrected chi connectivity index (χ0v) is 8.01. The van der Waals surface area contributed by atoms with E-state index in [9.17, 15) is 17.7 Å². The van der Waals surface area contributed by atoms with E-state index in [1.54, 1.807) is 0 Å². The van der Waals surface area contributed by atoms with Crippen LogP contribution in [-0.2, 0) is 0 Å². The van der Waals surface area contributed by atoms with E-state index in [0.717, 1.165) is 12.1 Å². The van der Waals surface area contributed by atoms with Crippen LogP contribution in [0.5, 0.6) is 0 Å². The van der Waals surface area contributed by atoms with Crippen LogP contribution in [0, 0.1) is 0 Å². The van der Waals surface area contributed by atoms with E-state index < -0.39 is 18.3 Å². The Hall–Kier alpha value is -1.92. The number of hydrogen-bond donors (Lipinski definition) is 2. The molecule has 0 saturated heterocycles. The predicted molar refractivity (Wildman–Crippen MR) is 55.5 cm³/mol. The minimum absolute atomic E-state index is 0.0243. The van der Waals surface area contributed by atoms with Gasteiger partial charge in [0, 0.05) is 6.20 Å². The van der Waals surface area contributed by atoms with Crippen molar-refractivity contribution in [1.29, 1.82) is 0 Å². The summed E-state index contributed by atoms with van der Waals surface area (Å²) >= 11 is 0. The number of nitrogens with two attached hydrogens (primary N) is 1. The quantitative estimate of drug-likeness (QED) is 0.746. The van der Waals surface area contributed by atoms with Gasteiger partial charge in [-0.05, 0) is 11.5 Å². The summed E-state index contributed by atoms with van der Waals surface area (Å²) in [6.07, 6.45) is 1.35. The molecule has 7 heteroatoms. The van der Waals surface area contributed by atoms with Gasteiger partial charge < -0.3 is 23.7 Å². The summed E-state index contributed by atoms with van der Waals surface area (Å²) in [5, 5.41) is -0.0243. The maximum atomic E-state index is 12.7. The number of hydrogen-bond acceptors (Lipinski definition) is 1. The molecule has 2 rings (SSSR count). The second kappa shape index (κ2) is 3.29. The molecular formula is C9H7BF3N2O-. The summed E-state index contributed by atoms with van der Waals surface area (Å²) in [5.41, 5.74) is 4.53. The van der Waals surface area contributed by atoms with Crippen LogP contribution < -0.4 is 11.2 Å². The number of rotatable bonds is 2. The van der Waals surface area contributed by atoms with Gasteiger partial charge in [0.05, 0.1) is 11.1 Å². The fraction of sp³-hybridized carbons (Fsp3) is 0. The fourth-order valence-corrected chi connectivity index (χ4v) is 1.67. The third kappa shape index (κ3) is 1.54. The molecule has 2 aromatic rings. The molecule has 0 aliphatic heterocycles. The number of nitrogens with one attached hydrogen (secondary N) is 1. The van der Waals surface area contributed by atoms with Crippen LogP contribution in [-0.4, -0.2) is 17.9 Å². The first-order valence-electron chi connectivity index (χ1n) is 4.51. The highest BCUT2D eigenvalue weighted by atomic mass is 19.4. The molecule has 84 valence electrons. The highest BCUT2D eigenvalue weighted by Crippen LogP contribution is 2.20. The molecule has 1 amide bonds. The van der Waals surface area contributed by atoms with Crippen molar-refractivity contribution in [3.63, 3.8) is 0 Å². The van der Waals surface area contributed by atoms with Crippen molar-refractivity contribution in [2.45, 2.75) is 0 Å². The van der Waals surface area contributed by atoms with Crippen molar-refractivity contribution in [2.75, 3.05) is 0 Å². The number of amides is 1. The molecule has 3 nitrogen and oxygen atoms in total. The maximum absolute atomic E-state index is 12.7. The van der Waals surface area contributed by atoms with Crippen LogP contribution in [0.2, 0.25) is 0 Å². The zero-order chi connectivity index (χ0) is 11.9. The van der Waals surface area contributed by atoms with E-state index in [1.807, 2.05) is 0 Å². The maximum Gasteiger partial charge on any atom is 0.510 e. The molecule has 1 heterocycles. The van der Waals surface area contributed by atoms with Gasteiger partial charge in [-0.1, -0.05) is 17.6 Å². The lowest BCUT2D eigenvalue weighted by atomic mass is 9.77. The molecule has 1 aromatic heterocycles. The summed E-state index contributed by atoms with van der Waals surface area (Å²) in [4.78, 5) is 13.6. The molecule has 0 radical (unpaired) electrons. The number of carbonyl (C=O) groups is 1. The minimum atomic E-state index is -5.10. The number of halogens is 3. The molecule has 0 aliphatic rings. The summed E-state index contributed by atoms with van der Waals surface area (Å²) < 4.78 is 38.0. The van der Waals surface area contributed by atoms with Gasteiger partial charge in [0.2, 0.25) is 0 Å². The molecule has 0 atom stereocenters. The van der Waals surface area contributed by atoms with Crippen LogP contribution in [0.4, 0.5) is 12.9 Å². The molecule has 0 bridgehead atoms. The van der Waals surface area contributed by atoms with Crippen LogP contribution in [0.3, 0.4) is 0 Å².